The minimum absolute atomic E-state index is 0.239. The van der Waals surface area contributed by atoms with Crippen LogP contribution in [0.4, 0.5) is 4.39 Å². The minimum atomic E-state index is -0.763. The molecule has 2 unspecified atom stereocenters. The Morgan fingerprint density at radius 1 is 1.40 bits per heavy atom. The van der Waals surface area contributed by atoms with Gasteiger partial charge in [0.1, 0.15) is 17.6 Å². The summed E-state index contributed by atoms with van der Waals surface area (Å²) in [7, 11) is 0. The van der Waals surface area contributed by atoms with E-state index in [9.17, 15) is 9.18 Å². The maximum absolute atomic E-state index is 13.6. The van der Waals surface area contributed by atoms with Crippen molar-refractivity contribution in [3.63, 3.8) is 0 Å². The van der Waals surface area contributed by atoms with E-state index in [-0.39, 0.29) is 17.8 Å². The summed E-state index contributed by atoms with van der Waals surface area (Å²) in [4.78, 5) is 13.5. The van der Waals surface area contributed by atoms with Crippen LogP contribution in [-0.2, 0) is 4.79 Å². The number of fused-ring (bicyclic) bond motifs is 1. The fraction of sp³-hybridized carbons (Fsp3) is 0.263. The molecule has 1 aliphatic heterocycles. The Hall–Kier alpha value is -2.52. The molecule has 1 N–H and O–H groups in total. The number of nitriles is 1. The summed E-state index contributed by atoms with van der Waals surface area (Å²) >= 11 is 1.66. The molecule has 25 heavy (non-hydrogen) atoms. The Balaban J connectivity index is 1.71. The van der Waals surface area contributed by atoms with E-state index in [0.29, 0.717) is 11.3 Å². The highest BCUT2D eigenvalue weighted by Gasteiger charge is 2.25. The van der Waals surface area contributed by atoms with Crippen LogP contribution in [0.5, 0.6) is 5.75 Å². The van der Waals surface area contributed by atoms with Gasteiger partial charge in [-0.3, -0.25) is 4.79 Å². The molecule has 3 rings (SSSR count). The Labute approximate surface area is 150 Å². The number of carbonyl (C=O) groups excluding carboxylic acids is 1. The van der Waals surface area contributed by atoms with Gasteiger partial charge in [-0.15, -0.1) is 11.8 Å². The molecule has 1 heterocycles. The quantitative estimate of drug-likeness (QED) is 0.905. The molecule has 1 aliphatic rings. The van der Waals surface area contributed by atoms with E-state index < -0.39 is 6.10 Å². The van der Waals surface area contributed by atoms with Crippen molar-refractivity contribution in [3.05, 3.63) is 59.4 Å². The Bertz CT molecular complexity index is 834. The molecule has 0 fully saturated rings. The summed E-state index contributed by atoms with van der Waals surface area (Å²) in [6, 6.07) is 13.2. The number of para-hydroxylation sites is 1. The van der Waals surface area contributed by atoms with E-state index in [0.717, 1.165) is 22.6 Å². The standard InChI is InChI=1S/C19H17FN2O2S/c1-12(24-17-5-3-2-4-13(17)11-21)19(23)22-16-8-9-25-18-7-6-14(20)10-15(16)18/h2-7,10,12,16H,8-9H2,1H3,(H,22,23). The highest BCUT2D eigenvalue weighted by Crippen LogP contribution is 2.36. The minimum Gasteiger partial charge on any atom is -0.480 e. The van der Waals surface area contributed by atoms with Crippen LogP contribution in [0.15, 0.2) is 47.4 Å². The number of thioether (sulfide) groups is 1. The van der Waals surface area contributed by atoms with Gasteiger partial charge in [-0.25, -0.2) is 4.39 Å². The summed E-state index contributed by atoms with van der Waals surface area (Å²) < 4.78 is 19.2. The van der Waals surface area contributed by atoms with Gasteiger partial charge >= 0.3 is 0 Å². The maximum atomic E-state index is 13.6. The number of nitrogens with zero attached hydrogens (tertiary/aromatic N) is 1. The van der Waals surface area contributed by atoms with Crippen LogP contribution in [-0.4, -0.2) is 17.8 Å². The van der Waals surface area contributed by atoms with E-state index in [1.807, 2.05) is 6.07 Å². The van der Waals surface area contributed by atoms with Crippen LogP contribution in [0.3, 0.4) is 0 Å². The molecule has 0 aromatic heterocycles. The SMILES string of the molecule is CC(Oc1ccccc1C#N)C(=O)NC1CCSc2ccc(F)cc21. The van der Waals surface area contributed by atoms with Crippen LogP contribution in [0.2, 0.25) is 0 Å². The number of halogens is 1. The molecule has 0 radical (unpaired) electrons. The zero-order valence-corrected chi connectivity index (χ0v) is 14.5. The molecule has 2 aromatic rings. The van der Waals surface area contributed by atoms with Crippen LogP contribution in [0.1, 0.15) is 30.5 Å². The number of nitrogens with one attached hydrogen (secondary N) is 1. The third kappa shape index (κ3) is 3.94. The number of carbonyl (C=O) groups is 1. The summed E-state index contributed by atoms with van der Waals surface area (Å²) in [5.74, 6) is 0.627. The number of hydrogen-bond donors (Lipinski definition) is 1. The number of rotatable bonds is 4. The number of ether oxygens (including phenoxy) is 1. The van der Waals surface area contributed by atoms with Crippen molar-refractivity contribution in [2.75, 3.05) is 5.75 Å². The summed E-state index contributed by atoms with van der Waals surface area (Å²) in [6.45, 7) is 1.63. The van der Waals surface area contributed by atoms with Crippen molar-refractivity contribution in [2.24, 2.45) is 0 Å². The lowest BCUT2D eigenvalue weighted by Gasteiger charge is -2.27. The lowest BCUT2D eigenvalue weighted by Crippen LogP contribution is -2.39. The van der Waals surface area contributed by atoms with Crippen LogP contribution in [0.25, 0.3) is 0 Å². The molecule has 2 aromatic carbocycles. The topological polar surface area (TPSA) is 62.1 Å². The van der Waals surface area contributed by atoms with E-state index in [1.54, 1.807) is 49.0 Å². The third-order valence-corrected chi connectivity index (χ3v) is 5.13. The molecule has 128 valence electrons. The lowest BCUT2D eigenvalue weighted by molar-refractivity contribution is -0.128. The van der Waals surface area contributed by atoms with E-state index in [4.69, 9.17) is 10.00 Å². The first-order chi connectivity index (χ1) is 12.1. The van der Waals surface area contributed by atoms with Gasteiger partial charge in [0, 0.05) is 10.6 Å². The normalized spacial score (nSPS) is 17.1. The van der Waals surface area contributed by atoms with Gasteiger partial charge in [0.05, 0.1) is 11.6 Å². The van der Waals surface area contributed by atoms with Crippen LogP contribution in [0, 0.1) is 17.1 Å². The van der Waals surface area contributed by atoms with Crippen LogP contribution < -0.4 is 10.1 Å². The van der Waals surface area contributed by atoms with E-state index in [2.05, 4.69) is 5.32 Å². The van der Waals surface area contributed by atoms with Gasteiger partial charge in [-0.05, 0) is 49.2 Å². The zero-order valence-electron chi connectivity index (χ0n) is 13.7. The molecule has 0 spiro atoms. The lowest BCUT2D eigenvalue weighted by atomic mass is 10.0. The average molecular weight is 356 g/mol. The van der Waals surface area contributed by atoms with Crippen molar-refractivity contribution in [3.8, 4) is 11.8 Å². The molecular formula is C19H17FN2O2S. The van der Waals surface area contributed by atoms with Gasteiger partial charge in [-0.2, -0.15) is 5.26 Å². The fourth-order valence-electron chi connectivity index (χ4n) is 2.71. The van der Waals surface area contributed by atoms with E-state index in [1.165, 1.54) is 12.1 Å². The molecule has 2 atom stereocenters. The maximum Gasteiger partial charge on any atom is 0.261 e. The molecule has 6 heteroatoms. The second-order valence-corrected chi connectivity index (χ2v) is 6.89. The molecule has 1 amide bonds. The smallest absolute Gasteiger partial charge is 0.261 e. The number of amides is 1. The summed E-state index contributed by atoms with van der Waals surface area (Å²) in [6.07, 6.45) is -0.0324. The molecule has 0 aliphatic carbocycles. The van der Waals surface area contributed by atoms with Gasteiger partial charge in [0.25, 0.3) is 5.91 Å². The highest BCUT2D eigenvalue weighted by atomic mass is 32.2. The molecular weight excluding hydrogens is 339 g/mol. The monoisotopic (exact) mass is 356 g/mol. The van der Waals surface area contributed by atoms with Crippen LogP contribution >= 0.6 is 11.8 Å². The summed E-state index contributed by atoms with van der Waals surface area (Å²) in [5.41, 5.74) is 1.18. The number of hydrogen-bond acceptors (Lipinski definition) is 4. The second kappa shape index (κ2) is 7.58. The highest BCUT2D eigenvalue weighted by molar-refractivity contribution is 7.99. The third-order valence-electron chi connectivity index (χ3n) is 4.01. The number of benzene rings is 2. The first kappa shape index (κ1) is 17.3. The Kier molecular flexibility index (Phi) is 5.25. The Morgan fingerprint density at radius 2 is 2.20 bits per heavy atom. The molecule has 4 nitrogen and oxygen atoms in total. The predicted octanol–water partition coefficient (Wildman–Crippen LogP) is 3.82. The largest absolute Gasteiger partial charge is 0.480 e. The van der Waals surface area contributed by atoms with Crippen molar-refractivity contribution >= 4 is 17.7 Å². The summed E-state index contributed by atoms with van der Waals surface area (Å²) in [5, 5.41) is 12.0. The van der Waals surface area contributed by atoms with Crippen molar-refractivity contribution in [1.29, 1.82) is 5.26 Å². The van der Waals surface area contributed by atoms with Gasteiger partial charge in [0.15, 0.2) is 6.10 Å². The molecule has 0 saturated carbocycles. The molecule has 0 bridgehead atoms. The van der Waals surface area contributed by atoms with Crippen molar-refractivity contribution < 1.29 is 13.9 Å². The molecule has 0 saturated heterocycles. The van der Waals surface area contributed by atoms with Gasteiger partial charge in [-0.1, -0.05) is 12.1 Å². The van der Waals surface area contributed by atoms with Crippen molar-refractivity contribution in [2.45, 2.75) is 30.4 Å². The second-order valence-electron chi connectivity index (χ2n) is 5.75. The fourth-order valence-corrected chi connectivity index (χ4v) is 3.82. The van der Waals surface area contributed by atoms with Crippen molar-refractivity contribution in [1.82, 2.24) is 5.32 Å². The first-order valence-corrected chi connectivity index (χ1v) is 8.95. The predicted molar refractivity (Wildman–Crippen MR) is 93.9 cm³/mol. The van der Waals surface area contributed by atoms with Gasteiger partial charge < -0.3 is 10.1 Å². The zero-order chi connectivity index (χ0) is 17.8. The average Bonchev–Trinajstić information content (AvgIpc) is 2.62. The Morgan fingerprint density at radius 3 is 3.00 bits per heavy atom. The van der Waals surface area contributed by atoms with E-state index >= 15 is 0 Å². The first-order valence-electron chi connectivity index (χ1n) is 7.97. The van der Waals surface area contributed by atoms with Gasteiger partial charge in [0.2, 0.25) is 0 Å².